The van der Waals surface area contributed by atoms with Crippen LogP contribution in [-0.4, -0.2) is 41.5 Å². The van der Waals surface area contributed by atoms with Crippen LogP contribution in [0.2, 0.25) is 0 Å². The largest absolute Gasteiger partial charge is 0.391 e. The van der Waals surface area contributed by atoms with Crippen LogP contribution in [0.5, 0.6) is 0 Å². The fraction of sp³-hybridized carbons (Fsp3) is 0.900. The lowest BCUT2D eigenvalue weighted by molar-refractivity contribution is -0.133. The van der Waals surface area contributed by atoms with Crippen LogP contribution in [0.1, 0.15) is 27.2 Å². The summed E-state index contributed by atoms with van der Waals surface area (Å²) in [5.41, 5.74) is -0.357. The van der Waals surface area contributed by atoms with Crippen LogP contribution in [0.25, 0.3) is 0 Å². The van der Waals surface area contributed by atoms with Gasteiger partial charge in [0.2, 0.25) is 0 Å². The van der Waals surface area contributed by atoms with Crippen molar-refractivity contribution in [2.75, 3.05) is 13.6 Å². The van der Waals surface area contributed by atoms with Gasteiger partial charge in [-0.2, -0.15) is 0 Å². The van der Waals surface area contributed by atoms with E-state index in [1.807, 2.05) is 32.7 Å². The van der Waals surface area contributed by atoms with E-state index in [0.29, 0.717) is 6.42 Å². The summed E-state index contributed by atoms with van der Waals surface area (Å²) in [6.45, 7) is 6.50. The summed E-state index contributed by atoms with van der Waals surface area (Å²) in [6.07, 6.45) is 0.236. The Morgan fingerprint density at radius 1 is 1.46 bits per heavy atom. The highest BCUT2D eigenvalue weighted by atomic mass is 16.3. The molecule has 1 fully saturated rings. The molecule has 76 valence electrons. The van der Waals surface area contributed by atoms with E-state index >= 15 is 0 Å². The third kappa shape index (κ3) is 2.09. The van der Waals surface area contributed by atoms with Gasteiger partial charge in [-0.25, -0.2) is 0 Å². The van der Waals surface area contributed by atoms with Gasteiger partial charge in [-0.05, 0) is 13.5 Å². The molecule has 0 aromatic heterocycles. The van der Waals surface area contributed by atoms with Crippen LogP contribution < -0.4 is 0 Å². The predicted octanol–water partition coefficient (Wildman–Crippen LogP) is 0.667. The molecule has 0 aromatic carbocycles. The maximum absolute atomic E-state index is 11.9. The first kappa shape index (κ1) is 10.7. The molecule has 13 heavy (non-hydrogen) atoms. The minimum Gasteiger partial charge on any atom is -0.391 e. The molecule has 1 heterocycles. The fourth-order valence-corrected chi connectivity index (χ4v) is 1.75. The molecule has 1 rings (SSSR count). The van der Waals surface area contributed by atoms with Crippen molar-refractivity contribution in [3.05, 3.63) is 0 Å². The minimum absolute atomic E-state index is 0.139. The Bertz CT molecular complexity index is 197. The van der Waals surface area contributed by atoms with Crippen LogP contribution in [0.4, 0.5) is 0 Å². The molecule has 1 N–H and O–H groups in total. The monoisotopic (exact) mass is 185 g/mol. The molecule has 0 spiro atoms. The van der Waals surface area contributed by atoms with Gasteiger partial charge in [-0.3, -0.25) is 9.69 Å². The van der Waals surface area contributed by atoms with Gasteiger partial charge in [0.15, 0.2) is 5.78 Å². The molecule has 0 aliphatic carbocycles. The summed E-state index contributed by atoms with van der Waals surface area (Å²) < 4.78 is 0. The lowest BCUT2D eigenvalue weighted by Gasteiger charge is -2.27. The number of aliphatic hydroxyl groups excluding tert-OH is 1. The molecule has 0 amide bonds. The molecule has 0 saturated carbocycles. The first-order valence-corrected chi connectivity index (χ1v) is 4.76. The Morgan fingerprint density at radius 3 is 2.31 bits per heavy atom. The third-order valence-electron chi connectivity index (χ3n) is 2.62. The van der Waals surface area contributed by atoms with Crippen molar-refractivity contribution in [3.63, 3.8) is 0 Å². The molecule has 0 radical (unpaired) electrons. The molecule has 0 aromatic rings. The van der Waals surface area contributed by atoms with Crippen molar-refractivity contribution in [2.45, 2.75) is 39.3 Å². The first-order chi connectivity index (χ1) is 5.84. The minimum atomic E-state index is -0.475. The van der Waals surface area contributed by atoms with E-state index in [-0.39, 0.29) is 17.2 Å². The number of nitrogens with zero attached hydrogens (tertiary/aromatic N) is 1. The highest BCUT2D eigenvalue weighted by Crippen LogP contribution is 2.25. The predicted molar refractivity (Wildman–Crippen MR) is 51.5 cm³/mol. The van der Waals surface area contributed by atoms with E-state index in [2.05, 4.69) is 0 Å². The Morgan fingerprint density at radius 2 is 2.00 bits per heavy atom. The van der Waals surface area contributed by atoms with E-state index < -0.39 is 6.10 Å². The first-order valence-electron chi connectivity index (χ1n) is 4.76. The van der Waals surface area contributed by atoms with Crippen LogP contribution >= 0.6 is 0 Å². The van der Waals surface area contributed by atoms with Crippen molar-refractivity contribution >= 4 is 5.78 Å². The Labute approximate surface area is 79.7 Å². The molecule has 1 saturated heterocycles. The maximum atomic E-state index is 11.9. The number of rotatable bonds is 1. The Balaban J connectivity index is 2.76. The van der Waals surface area contributed by atoms with Crippen molar-refractivity contribution < 1.29 is 9.90 Å². The zero-order valence-corrected chi connectivity index (χ0v) is 8.87. The van der Waals surface area contributed by atoms with Crippen molar-refractivity contribution in [1.29, 1.82) is 0 Å². The molecular weight excluding hydrogens is 166 g/mol. The number of hydrogen-bond acceptors (Lipinski definition) is 3. The highest BCUT2D eigenvalue weighted by molar-refractivity contribution is 5.89. The van der Waals surface area contributed by atoms with E-state index in [1.165, 1.54) is 0 Å². The van der Waals surface area contributed by atoms with Gasteiger partial charge in [0.25, 0.3) is 0 Å². The Kier molecular flexibility index (Phi) is 2.78. The lowest BCUT2D eigenvalue weighted by Crippen LogP contribution is -2.45. The van der Waals surface area contributed by atoms with E-state index in [4.69, 9.17) is 0 Å². The van der Waals surface area contributed by atoms with Crippen LogP contribution in [0.3, 0.4) is 0 Å². The summed E-state index contributed by atoms with van der Waals surface area (Å²) in [5, 5.41) is 9.63. The molecule has 0 bridgehead atoms. The molecule has 1 aliphatic rings. The average molecular weight is 185 g/mol. The average Bonchev–Trinajstić information content (AvgIpc) is 2.28. The molecule has 2 unspecified atom stereocenters. The number of hydrogen-bond donors (Lipinski definition) is 1. The van der Waals surface area contributed by atoms with Gasteiger partial charge in [-0.1, -0.05) is 20.8 Å². The topological polar surface area (TPSA) is 40.5 Å². The highest BCUT2D eigenvalue weighted by Gasteiger charge is 2.40. The SMILES string of the molecule is CN1CCC(O)C1C(=O)C(C)(C)C. The second kappa shape index (κ2) is 3.39. The summed E-state index contributed by atoms with van der Waals surface area (Å²) in [7, 11) is 1.89. The van der Waals surface area contributed by atoms with Gasteiger partial charge < -0.3 is 5.11 Å². The smallest absolute Gasteiger partial charge is 0.157 e. The number of Topliss-reactive ketones (excluding diaryl/α,β-unsaturated/α-hetero) is 1. The van der Waals surface area contributed by atoms with Crippen LogP contribution in [0, 0.1) is 5.41 Å². The van der Waals surface area contributed by atoms with Gasteiger partial charge >= 0.3 is 0 Å². The molecular formula is C10H19NO2. The summed E-state index contributed by atoms with van der Waals surface area (Å²) in [6, 6.07) is -0.292. The number of carbonyl (C=O) groups is 1. The number of aliphatic hydroxyl groups is 1. The number of likely N-dealkylation sites (tertiary alicyclic amines) is 1. The summed E-state index contributed by atoms with van der Waals surface area (Å²) in [4.78, 5) is 13.8. The fourth-order valence-electron chi connectivity index (χ4n) is 1.75. The molecule has 3 heteroatoms. The lowest BCUT2D eigenvalue weighted by atomic mass is 9.85. The summed E-state index contributed by atoms with van der Waals surface area (Å²) in [5.74, 6) is 0.139. The normalized spacial score (nSPS) is 30.8. The van der Waals surface area contributed by atoms with Crippen molar-refractivity contribution in [3.8, 4) is 0 Å². The van der Waals surface area contributed by atoms with Gasteiger partial charge in [0, 0.05) is 12.0 Å². The standard InChI is InChI=1S/C10H19NO2/c1-10(2,3)9(13)8-7(12)5-6-11(8)4/h7-8,12H,5-6H2,1-4H3. The quantitative estimate of drug-likeness (QED) is 0.652. The van der Waals surface area contributed by atoms with E-state index in [9.17, 15) is 9.90 Å². The van der Waals surface area contributed by atoms with Crippen LogP contribution in [0.15, 0.2) is 0 Å². The molecule has 3 nitrogen and oxygen atoms in total. The molecule has 1 aliphatic heterocycles. The Hall–Kier alpha value is -0.410. The zero-order valence-electron chi connectivity index (χ0n) is 8.87. The van der Waals surface area contributed by atoms with Gasteiger partial charge in [-0.15, -0.1) is 0 Å². The third-order valence-corrected chi connectivity index (χ3v) is 2.62. The van der Waals surface area contributed by atoms with Crippen molar-refractivity contribution in [2.24, 2.45) is 5.41 Å². The maximum Gasteiger partial charge on any atom is 0.157 e. The van der Waals surface area contributed by atoms with E-state index in [1.54, 1.807) is 0 Å². The van der Waals surface area contributed by atoms with E-state index in [0.717, 1.165) is 6.54 Å². The number of likely N-dealkylation sites (N-methyl/N-ethyl adjacent to an activating group) is 1. The van der Waals surface area contributed by atoms with Gasteiger partial charge in [0.05, 0.1) is 12.1 Å². The van der Waals surface area contributed by atoms with Gasteiger partial charge in [0.1, 0.15) is 0 Å². The van der Waals surface area contributed by atoms with Crippen LogP contribution in [-0.2, 0) is 4.79 Å². The second-order valence-electron chi connectivity index (χ2n) is 4.90. The number of carbonyl (C=O) groups excluding carboxylic acids is 1. The number of ketones is 1. The molecule has 2 atom stereocenters. The van der Waals surface area contributed by atoms with Crippen molar-refractivity contribution in [1.82, 2.24) is 4.90 Å². The zero-order chi connectivity index (χ0) is 10.2. The summed E-state index contributed by atoms with van der Waals surface area (Å²) >= 11 is 0. The second-order valence-corrected chi connectivity index (χ2v) is 4.90.